The average molecular weight is 620 g/mol. The van der Waals surface area contributed by atoms with E-state index in [2.05, 4.69) is 30.5 Å². The number of likely N-dealkylation sites (N-methyl/N-ethyl adjacent to an activating group) is 1. The van der Waals surface area contributed by atoms with Crippen molar-refractivity contribution < 1.29 is 32.5 Å². The lowest BCUT2D eigenvalue weighted by Crippen LogP contribution is -2.47. The number of aliphatic hydroxyl groups is 1. The summed E-state index contributed by atoms with van der Waals surface area (Å²) in [6.07, 6.45) is 3.33. The van der Waals surface area contributed by atoms with Crippen LogP contribution in [0.15, 0.2) is 47.4 Å². The zero-order valence-corrected chi connectivity index (χ0v) is 27.2. The van der Waals surface area contributed by atoms with Gasteiger partial charge in [0.1, 0.15) is 11.5 Å². The summed E-state index contributed by atoms with van der Waals surface area (Å²) in [7, 11) is -0.354. The lowest BCUT2D eigenvalue weighted by molar-refractivity contribution is -0.0167. The Morgan fingerprint density at radius 1 is 1.16 bits per heavy atom. The monoisotopic (exact) mass is 619 g/mol. The van der Waals surface area contributed by atoms with Gasteiger partial charge in [0, 0.05) is 31.3 Å². The third kappa shape index (κ3) is 9.82. The van der Waals surface area contributed by atoms with Gasteiger partial charge in [-0.05, 0) is 95.6 Å². The maximum absolute atomic E-state index is 14.2. The van der Waals surface area contributed by atoms with E-state index < -0.39 is 16.1 Å². The second-order valence-corrected chi connectivity index (χ2v) is 13.2. The Morgan fingerprint density at radius 3 is 2.53 bits per heavy atom. The summed E-state index contributed by atoms with van der Waals surface area (Å²) < 4.78 is 46.7. The molecule has 2 aromatic carbocycles. The topological polar surface area (TPSA) is 118 Å². The molecule has 1 heterocycles. The van der Waals surface area contributed by atoms with Crippen molar-refractivity contribution in [2.24, 2.45) is 5.92 Å². The molecule has 3 rings (SSSR count). The number of hydrogen-bond acceptors (Lipinski definition) is 8. The van der Waals surface area contributed by atoms with E-state index in [0.29, 0.717) is 24.7 Å². The third-order valence-corrected chi connectivity index (χ3v) is 9.17. The number of nitrogens with one attached hydrogen (secondary N) is 1. The SMILES string of the molecule is CCCN(C)C[C@@H]1OCCCC[C@@H](C)Oc2ccc(NS(=O)(=O)c3ccc(OC)cc3)cc2C(=O)N([C@@H](C)CO)C[C@@H]1C. The highest BCUT2D eigenvalue weighted by molar-refractivity contribution is 7.92. The highest BCUT2D eigenvalue weighted by atomic mass is 32.2. The molecule has 43 heavy (non-hydrogen) atoms. The predicted molar refractivity (Wildman–Crippen MR) is 168 cm³/mol. The zero-order chi connectivity index (χ0) is 31.6. The molecule has 0 saturated heterocycles. The number of carbonyl (C=O) groups is 1. The number of amides is 1. The summed E-state index contributed by atoms with van der Waals surface area (Å²) in [6.45, 7) is 10.4. The number of fused-ring (bicyclic) bond motifs is 1. The van der Waals surface area contributed by atoms with Gasteiger partial charge in [-0.25, -0.2) is 8.42 Å². The van der Waals surface area contributed by atoms with Crippen LogP contribution in [0, 0.1) is 5.92 Å². The van der Waals surface area contributed by atoms with Gasteiger partial charge in [-0.2, -0.15) is 0 Å². The molecule has 240 valence electrons. The minimum Gasteiger partial charge on any atom is -0.497 e. The zero-order valence-electron chi connectivity index (χ0n) is 26.4. The minimum atomic E-state index is -3.94. The Kier molecular flexibility index (Phi) is 13.1. The molecule has 0 unspecified atom stereocenters. The average Bonchev–Trinajstić information content (AvgIpc) is 2.98. The van der Waals surface area contributed by atoms with Crippen LogP contribution in [0.25, 0.3) is 0 Å². The van der Waals surface area contributed by atoms with Crippen molar-refractivity contribution in [2.45, 2.75) is 76.5 Å². The first-order valence-electron chi connectivity index (χ1n) is 15.2. The highest BCUT2D eigenvalue weighted by Crippen LogP contribution is 2.30. The van der Waals surface area contributed by atoms with Gasteiger partial charge in [-0.15, -0.1) is 0 Å². The molecule has 0 saturated carbocycles. The molecule has 0 aromatic heterocycles. The number of rotatable bonds is 10. The van der Waals surface area contributed by atoms with Gasteiger partial charge in [0.25, 0.3) is 15.9 Å². The largest absolute Gasteiger partial charge is 0.497 e. The summed E-state index contributed by atoms with van der Waals surface area (Å²) >= 11 is 0. The Balaban J connectivity index is 1.99. The fraction of sp³-hybridized carbons (Fsp3) is 0.594. The first-order valence-corrected chi connectivity index (χ1v) is 16.7. The van der Waals surface area contributed by atoms with Gasteiger partial charge in [-0.1, -0.05) is 13.8 Å². The number of carbonyl (C=O) groups excluding carboxylic acids is 1. The van der Waals surface area contributed by atoms with Crippen LogP contribution in [0.3, 0.4) is 0 Å². The fourth-order valence-corrected chi connectivity index (χ4v) is 6.25. The number of hydrogen-bond donors (Lipinski definition) is 2. The van der Waals surface area contributed by atoms with Crippen LogP contribution < -0.4 is 14.2 Å². The molecule has 0 radical (unpaired) electrons. The van der Waals surface area contributed by atoms with Crippen molar-refractivity contribution in [3.63, 3.8) is 0 Å². The van der Waals surface area contributed by atoms with E-state index in [9.17, 15) is 18.3 Å². The van der Waals surface area contributed by atoms with Crippen LogP contribution in [-0.4, -0.2) is 94.5 Å². The molecule has 1 amide bonds. The Labute approximate surface area is 257 Å². The van der Waals surface area contributed by atoms with E-state index in [1.165, 1.54) is 25.3 Å². The van der Waals surface area contributed by atoms with E-state index in [-0.39, 0.29) is 46.8 Å². The molecule has 10 nitrogen and oxygen atoms in total. The molecule has 0 spiro atoms. The van der Waals surface area contributed by atoms with E-state index in [1.54, 1.807) is 36.1 Å². The van der Waals surface area contributed by atoms with E-state index in [4.69, 9.17) is 14.2 Å². The predicted octanol–water partition coefficient (Wildman–Crippen LogP) is 4.63. The van der Waals surface area contributed by atoms with Crippen LogP contribution in [-0.2, 0) is 14.8 Å². The van der Waals surface area contributed by atoms with Gasteiger partial charge >= 0.3 is 0 Å². The standard InChI is InChI=1S/C32H49N3O7S/c1-7-17-34(5)21-31-23(2)20-35(24(3)22-36)32(37)29-19-26(11-16-30(29)42-25(4)10-8-9-18-41-31)33-43(38,39)28-14-12-27(40-6)13-15-28/h11-16,19,23-25,31,33,36H,7-10,17-18,20-22H2,1-6H3/t23-,24-,25+,31-/m0/s1. The second-order valence-electron chi connectivity index (χ2n) is 11.6. The van der Waals surface area contributed by atoms with Crippen molar-refractivity contribution in [1.29, 1.82) is 0 Å². The molecule has 0 aliphatic carbocycles. The molecule has 2 aromatic rings. The number of anilines is 1. The van der Waals surface area contributed by atoms with Crippen molar-refractivity contribution in [3.8, 4) is 11.5 Å². The summed E-state index contributed by atoms with van der Waals surface area (Å²) in [5, 5.41) is 10.1. The number of ether oxygens (including phenoxy) is 3. The second kappa shape index (κ2) is 16.3. The molecule has 0 fully saturated rings. The van der Waals surface area contributed by atoms with Crippen molar-refractivity contribution >= 4 is 21.6 Å². The third-order valence-electron chi connectivity index (χ3n) is 7.77. The number of methoxy groups -OCH3 is 1. The molecule has 1 aliphatic heterocycles. The molecule has 11 heteroatoms. The number of aliphatic hydroxyl groups excluding tert-OH is 1. The molecular formula is C32H49N3O7S. The Morgan fingerprint density at radius 2 is 1.88 bits per heavy atom. The molecule has 1 aliphatic rings. The van der Waals surface area contributed by atoms with Gasteiger partial charge in [0.2, 0.25) is 0 Å². The molecule has 2 N–H and O–H groups in total. The highest BCUT2D eigenvalue weighted by Gasteiger charge is 2.30. The number of benzene rings is 2. The van der Waals surface area contributed by atoms with Crippen LogP contribution in [0.5, 0.6) is 11.5 Å². The summed E-state index contributed by atoms with van der Waals surface area (Å²) in [4.78, 5) is 18.2. The van der Waals surface area contributed by atoms with Gasteiger partial charge < -0.3 is 29.1 Å². The van der Waals surface area contributed by atoms with Crippen molar-refractivity contribution in [3.05, 3.63) is 48.0 Å². The maximum Gasteiger partial charge on any atom is 0.261 e. The number of nitrogens with zero attached hydrogens (tertiary/aromatic N) is 2. The van der Waals surface area contributed by atoms with Gasteiger partial charge in [-0.3, -0.25) is 9.52 Å². The smallest absolute Gasteiger partial charge is 0.261 e. The van der Waals surface area contributed by atoms with Crippen LogP contribution >= 0.6 is 0 Å². The number of sulfonamides is 1. The Hall–Kier alpha value is -2.86. The van der Waals surface area contributed by atoms with Crippen LogP contribution in [0.1, 0.15) is 63.7 Å². The first kappa shape index (κ1) is 34.6. The molecule has 0 bridgehead atoms. The van der Waals surface area contributed by atoms with Gasteiger partial charge in [0.15, 0.2) is 0 Å². The Bertz CT molecular complexity index is 1270. The summed E-state index contributed by atoms with van der Waals surface area (Å²) in [6, 6.07) is 10.3. The van der Waals surface area contributed by atoms with Gasteiger partial charge in [0.05, 0.1) is 42.4 Å². The van der Waals surface area contributed by atoms with E-state index in [0.717, 1.165) is 38.8 Å². The minimum absolute atomic E-state index is 0.0275. The fourth-order valence-electron chi connectivity index (χ4n) is 5.20. The molecular weight excluding hydrogens is 570 g/mol. The summed E-state index contributed by atoms with van der Waals surface area (Å²) in [5.41, 5.74) is 0.458. The normalized spacial score (nSPS) is 21.4. The summed E-state index contributed by atoms with van der Waals surface area (Å²) in [5.74, 6) is 0.540. The van der Waals surface area contributed by atoms with Crippen molar-refractivity contribution in [1.82, 2.24) is 9.80 Å². The van der Waals surface area contributed by atoms with E-state index in [1.807, 2.05) is 6.92 Å². The maximum atomic E-state index is 14.2. The first-order chi connectivity index (χ1) is 20.5. The quantitative estimate of drug-likeness (QED) is 0.395. The lowest BCUT2D eigenvalue weighted by atomic mass is 10.0. The van der Waals surface area contributed by atoms with Crippen LogP contribution in [0.4, 0.5) is 5.69 Å². The van der Waals surface area contributed by atoms with E-state index >= 15 is 0 Å². The van der Waals surface area contributed by atoms with Crippen molar-refractivity contribution in [2.75, 3.05) is 51.7 Å². The molecule has 4 atom stereocenters. The lowest BCUT2D eigenvalue weighted by Gasteiger charge is -2.35. The van der Waals surface area contributed by atoms with Crippen LogP contribution in [0.2, 0.25) is 0 Å².